The zero-order valence-corrected chi connectivity index (χ0v) is 16.8. The van der Waals surface area contributed by atoms with Crippen molar-refractivity contribution in [3.8, 4) is 6.07 Å². The van der Waals surface area contributed by atoms with Gasteiger partial charge in [0.2, 0.25) is 0 Å². The van der Waals surface area contributed by atoms with Gasteiger partial charge in [0.05, 0.1) is 35.0 Å². The fourth-order valence-corrected chi connectivity index (χ4v) is 3.73. The molecule has 1 aromatic carbocycles. The first-order valence-electron chi connectivity index (χ1n) is 9.71. The minimum atomic E-state index is -0.778. The Hall–Kier alpha value is -4.03. The Bertz CT molecular complexity index is 1210. The monoisotopic (exact) mass is 416 g/mol. The van der Waals surface area contributed by atoms with Crippen molar-refractivity contribution in [2.24, 2.45) is 5.73 Å². The summed E-state index contributed by atoms with van der Waals surface area (Å²) in [5.74, 6) is -1.07. The molecule has 4 rings (SSSR count). The van der Waals surface area contributed by atoms with Gasteiger partial charge in [-0.2, -0.15) is 5.26 Å². The molecule has 0 aliphatic carbocycles. The lowest BCUT2D eigenvalue weighted by Gasteiger charge is -2.38. The standard InChI is InChI=1S/C22H20N6O3/c1-13-11-28(18-5-4-14(9-23)20-15(18)3-2-7-26-20)12-19(31-13)22(30)27-17-6-8-25-10-16(17)21(24)29/h2-8,10,13,19H,11-12H2,1H3,(H2,24,29)(H,25,27,30). The van der Waals surface area contributed by atoms with Gasteiger partial charge in [0.15, 0.2) is 6.10 Å². The number of nitrogens with zero attached hydrogens (tertiary/aromatic N) is 4. The molecule has 3 aromatic rings. The Morgan fingerprint density at radius 2 is 2.10 bits per heavy atom. The van der Waals surface area contributed by atoms with E-state index >= 15 is 0 Å². The van der Waals surface area contributed by atoms with E-state index in [9.17, 15) is 14.9 Å². The van der Waals surface area contributed by atoms with Gasteiger partial charge >= 0.3 is 0 Å². The van der Waals surface area contributed by atoms with E-state index in [1.165, 1.54) is 18.5 Å². The highest BCUT2D eigenvalue weighted by atomic mass is 16.5. The molecular weight excluding hydrogens is 396 g/mol. The molecule has 0 spiro atoms. The van der Waals surface area contributed by atoms with Crippen molar-refractivity contribution < 1.29 is 14.3 Å². The SMILES string of the molecule is CC1CN(c2ccc(C#N)c3ncccc23)CC(C(=O)Nc2ccncc2C(N)=O)O1. The maximum Gasteiger partial charge on any atom is 0.255 e. The fraction of sp³-hybridized carbons (Fsp3) is 0.227. The maximum atomic E-state index is 12.9. The number of benzene rings is 1. The molecule has 1 fully saturated rings. The molecule has 9 heteroatoms. The van der Waals surface area contributed by atoms with Crippen LogP contribution in [0, 0.1) is 11.3 Å². The third kappa shape index (κ3) is 4.01. The van der Waals surface area contributed by atoms with Crippen molar-refractivity contribution in [2.45, 2.75) is 19.1 Å². The number of pyridine rings is 2. The van der Waals surface area contributed by atoms with Gasteiger partial charge in [-0.05, 0) is 37.3 Å². The summed E-state index contributed by atoms with van der Waals surface area (Å²) in [4.78, 5) is 34.8. The van der Waals surface area contributed by atoms with Crippen molar-refractivity contribution in [1.82, 2.24) is 9.97 Å². The number of nitrogens with one attached hydrogen (secondary N) is 1. The van der Waals surface area contributed by atoms with Crippen LogP contribution in [0.25, 0.3) is 10.9 Å². The zero-order chi connectivity index (χ0) is 22.0. The molecule has 2 amide bonds. The van der Waals surface area contributed by atoms with Crippen molar-refractivity contribution in [3.05, 3.63) is 60.0 Å². The Kier molecular flexibility index (Phi) is 5.47. The zero-order valence-electron chi connectivity index (χ0n) is 16.8. The van der Waals surface area contributed by atoms with E-state index in [2.05, 4.69) is 21.4 Å². The summed E-state index contributed by atoms with van der Waals surface area (Å²) in [5.41, 5.74) is 7.76. The highest BCUT2D eigenvalue weighted by Crippen LogP contribution is 2.30. The molecule has 1 saturated heterocycles. The first kappa shape index (κ1) is 20.3. The topological polar surface area (TPSA) is 134 Å². The van der Waals surface area contributed by atoms with Crippen molar-refractivity contribution in [3.63, 3.8) is 0 Å². The van der Waals surface area contributed by atoms with Crippen molar-refractivity contribution >= 4 is 34.1 Å². The number of carbonyl (C=O) groups is 2. The molecule has 2 atom stereocenters. The molecule has 1 aliphatic heterocycles. The number of nitrogens with two attached hydrogens (primary N) is 1. The number of nitriles is 1. The second kappa shape index (κ2) is 8.38. The molecule has 3 N–H and O–H groups in total. The number of ether oxygens (including phenoxy) is 1. The molecule has 156 valence electrons. The Morgan fingerprint density at radius 1 is 1.26 bits per heavy atom. The predicted octanol–water partition coefficient (Wildman–Crippen LogP) is 1.83. The predicted molar refractivity (Wildman–Crippen MR) is 114 cm³/mol. The van der Waals surface area contributed by atoms with Gasteiger partial charge in [0.25, 0.3) is 11.8 Å². The van der Waals surface area contributed by atoms with E-state index in [0.29, 0.717) is 24.2 Å². The van der Waals surface area contributed by atoms with Crippen LogP contribution in [0.3, 0.4) is 0 Å². The number of primary amides is 1. The number of anilines is 2. The molecule has 1 aliphatic rings. The molecule has 9 nitrogen and oxygen atoms in total. The number of amides is 2. The summed E-state index contributed by atoms with van der Waals surface area (Å²) in [7, 11) is 0. The first-order chi connectivity index (χ1) is 15.0. The second-order valence-corrected chi connectivity index (χ2v) is 7.26. The molecule has 2 unspecified atom stereocenters. The van der Waals surface area contributed by atoms with Crippen LogP contribution in [0.4, 0.5) is 11.4 Å². The van der Waals surface area contributed by atoms with Gasteiger partial charge in [-0.3, -0.25) is 19.6 Å². The molecular formula is C22H20N6O3. The van der Waals surface area contributed by atoms with Gasteiger partial charge in [0, 0.05) is 36.2 Å². The summed E-state index contributed by atoms with van der Waals surface area (Å²) < 4.78 is 5.88. The van der Waals surface area contributed by atoms with Gasteiger partial charge in [-0.15, -0.1) is 0 Å². The van der Waals surface area contributed by atoms with Crippen LogP contribution in [0.15, 0.2) is 48.9 Å². The Labute approximate surface area is 178 Å². The number of hydrogen-bond donors (Lipinski definition) is 2. The summed E-state index contributed by atoms with van der Waals surface area (Å²) in [6.07, 6.45) is 3.43. The molecule has 31 heavy (non-hydrogen) atoms. The van der Waals surface area contributed by atoms with Crippen LogP contribution in [-0.4, -0.2) is 47.1 Å². The lowest BCUT2D eigenvalue weighted by atomic mass is 10.1. The van der Waals surface area contributed by atoms with Crippen LogP contribution >= 0.6 is 0 Å². The fourth-order valence-electron chi connectivity index (χ4n) is 3.73. The minimum absolute atomic E-state index is 0.126. The third-order valence-electron chi connectivity index (χ3n) is 5.10. The second-order valence-electron chi connectivity index (χ2n) is 7.26. The summed E-state index contributed by atoms with van der Waals surface area (Å²) in [6, 6.07) is 11.0. The van der Waals surface area contributed by atoms with Gasteiger partial charge in [0.1, 0.15) is 6.07 Å². The first-order valence-corrected chi connectivity index (χ1v) is 9.71. The average molecular weight is 416 g/mol. The normalized spacial score (nSPS) is 18.4. The average Bonchev–Trinajstić information content (AvgIpc) is 2.78. The van der Waals surface area contributed by atoms with Crippen LogP contribution in [0.5, 0.6) is 0 Å². The number of aromatic nitrogens is 2. The highest BCUT2D eigenvalue weighted by Gasteiger charge is 2.32. The number of carbonyl (C=O) groups excluding carboxylic acids is 2. The summed E-state index contributed by atoms with van der Waals surface area (Å²) >= 11 is 0. The van der Waals surface area contributed by atoms with E-state index in [0.717, 1.165) is 11.1 Å². The lowest BCUT2D eigenvalue weighted by Crippen LogP contribution is -2.51. The highest BCUT2D eigenvalue weighted by molar-refractivity contribution is 6.04. The van der Waals surface area contributed by atoms with E-state index < -0.39 is 12.0 Å². The Morgan fingerprint density at radius 3 is 2.87 bits per heavy atom. The number of morpholine rings is 1. The smallest absolute Gasteiger partial charge is 0.255 e. The lowest BCUT2D eigenvalue weighted by molar-refractivity contribution is -0.131. The molecule has 2 aromatic heterocycles. The molecule has 0 saturated carbocycles. The van der Waals surface area contributed by atoms with E-state index in [1.54, 1.807) is 12.3 Å². The number of rotatable bonds is 4. The van der Waals surface area contributed by atoms with Crippen molar-refractivity contribution in [1.29, 1.82) is 5.26 Å². The molecule has 3 heterocycles. The summed E-state index contributed by atoms with van der Waals surface area (Å²) in [5, 5.41) is 12.9. The third-order valence-corrected chi connectivity index (χ3v) is 5.10. The quantitative estimate of drug-likeness (QED) is 0.662. The molecule has 0 radical (unpaired) electrons. The van der Waals surface area contributed by atoms with Crippen molar-refractivity contribution in [2.75, 3.05) is 23.3 Å². The molecule has 0 bridgehead atoms. The van der Waals surface area contributed by atoms with Crippen LogP contribution in [0.2, 0.25) is 0 Å². The largest absolute Gasteiger partial charge is 0.365 e. The maximum absolute atomic E-state index is 12.9. The van der Waals surface area contributed by atoms with Gasteiger partial charge < -0.3 is 20.7 Å². The van der Waals surface area contributed by atoms with Crippen LogP contribution in [0.1, 0.15) is 22.8 Å². The van der Waals surface area contributed by atoms with E-state index in [1.807, 2.05) is 30.0 Å². The minimum Gasteiger partial charge on any atom is -0.365 e. The van der Waals surface area contributed by atoms with Gasteiger partial charge in [-0.1, -0.05) is 0 Å². The van der Waals surface area contributed by atoms with E-state index in [4.69, 9.17) is 10.5 Å². The Balaban J connectivity index is 1.61. The van der Waals surface area contributed by atoms with Crippen LogP contribution < -0.4 is 16.0 Å². The summed E-state index contributed by atoms with van der Waals surface area (Å²) in [6.45, 7) is 2.75. The van der Waals surface area contributed by atoms with E-state index in [-0.39, 0.29) is 23.3 Å². The number of hydrogen-bond acceptors (Lipinski definition) is 7. The van der Waals surface area contributed by atoms with Gasteiger partial charge in [-0.25, -0.2) is 0 Å². The van der Waals surface area contributed by atoms with Crippen LogP contribution in [-0.2, 0) is 9.53 Å². The number of fused-ring (bicyclic) bond motifs is 1.